The highest BCUT2D eigenvalue weighted by molar-refractivity contribution is 5.92. The maximum atomic E-state index is 9.84. The number of likely N-dealkylation sites (tertiary alicyclic amines) is 1. The quantitative estimate of drug-likeness (QED) is 0.206. The van der Waals surface area contributed by atoms with Crippen LogP contribution < -0.4 is 29.7 Å². The summed E-state index contributed by atoms with van der Waals surface area (Å²) < 4.78 is 17.3. The van der Waals surface area contributed by atoms with Crippen LogP contribution in [0.3, 0.4) is 0 Å². The Hall–Kier alpha value is -3.58. The smallest absolute Gasteiger partial charge is 0.225 e. The van der Waals surface area contributed by atoms with Crippen molar-refractivity contribution in [1.82, 2.24) is 19.8 Å². The van der Waals surface area contributed by atoms with Crippen LogP contribution in [0.4, 0.5) is 17.5 Å². The van der Waals surface area contributed by atoms with Crippen LogP contribution >= 0.6 is 0 Å². The lowest BCUT2D eigenvalue weighted by Crippen LogP contribution is -2.39. The number of anilines is 3. The molecule has 4 rings (SSSR count). The Morgan fingerprint density at radius 1 is 1.02 bits per heavy atom. The zero-order valence-corrected chi connectivity index (χ0v) is 26.3. The number of benzene rings is 2. The van der Waals surface area contributed by atoms with Gasteiger partial charge < -0.3 is 44.9 Å². The van der Waals surface area contributed by atoms with Crippen molar-refractivity contribution in [2.45, 2.75) is 31.5 Å². The normalized spacial score (nSPS) is 15.0. The van der Waals surface area contributed by atoms with E-state index in [2.05, 4.69) is 76.7 Å². The van der Waals surface area contributed by atoms with Crippen molar-refractivity contribution in [3.63, 3.8) is 0 Å². The van der Waals surface area contributed by atoms with Crippen molar-refractivity contribution in [3.05, 3.63) is 35.9 Å². The Kier molecular flexibility index (Phi) is 11.5. The van der Waals surface area contributed by atoms with E-state index < -0.39 is 6.10 Å². The molecule has 236 valence electrons. The maximum Gasteiger partial charge on any atom is 0.225 e. The number of hydrogen-bond acceptors (Lipinski definition) is 12. The number of hydrogen-bond donors (Lipinski definition) is 4. The molecule has 1 fully saturated rings. The largest absolute Gasteiger partial charge is 0.493 e. The van der Waals surface area contributed by atoms with Crippen LogP contribution in [-0.2, 0) is 6.54 Å². The lowest BCUT2D eigenvalue weighted by molar-refractivity contribution is 0.105. The summed E-state index contributed by atoms with van der Waals surface area (Å²) in [7, 11) is 11.4. The zero-order chi connectivity index (χ0) is 30.9. The number of nitrogens with zero attached hydrogens (tertiary/aromatic N) is 5. The Morgan fingerprint density at radius 3 is 2.40 bits per heavy atom. The number of likely N-dealkylation sites (N-methyl/N-ethyl adjacent to an activating group) is 1. The molecule has 0 unspecified atom stereocenters. The van der Waals surface area contributed by atoms with E-state index in [9.17, 15) is 10.2 Å². The highest BCUT2D eigenvalue weighted by atomic mass is 16.5. The predicted octanol–water partition coefficient (Wildman–Crippen LogP) is 2.50. The van der Waals surface area contributed by atoms with E-state index in [0.29, 0.717) is 35.4 Å². The fourth-order valence-corrected chi connectivity index (χ4v) is 5.18. The fraction of sp³-hybridized carbons (Fsp3) is 0.548. The Morgan fingerprint density at radius 2 is 1.74 bits per heavy atom. The summed E-state index contributed by atoms with van der Waals surface area (Å²) >= 11 is 0. The zero-order valence-electron chi connectivity index (χ0n) is 26.3. The number of fused-ring (bicyclic) bond motifs is 1. The van der Waals surface area contributed by atoms with Gasteiger partial charge in [-0.3, -0.25) is 4.90 Å². The standard InChI is InChI=1S/C31H47N7O5/c1-36(2)14-15-43-27-9-7-8-26(37(3)4)24(27)19-38-12-10-21(11-13-38)33-30-23-16-28(41-5)29(42-6)17-25(23)34-31(35-30)32-18-22(40)20-39/h7-9,16-17,21-22,39-40H,10-15,18-20H2,1-6H3,(H2,32,33,34,35)/t22-/m1/s1. The Labute approximate surface area is 254 Å². The first-order valence-corrected chi connectivity index (χ1v) is 14.7. The van der Waals surface area contributed by atoms with Crippen LogP contribution in [0.2, 0.25) is 0 Å². The van der Waals surface area contributed by atoms with Gasteiger partial charge in [0.25, 0.3) is 0 Å². The summed E-state index contributed by atoms with van der Waals surface area (Å²) in [5.74, 6) is 3.14. The lowest BCUT2D eigenvalue weighted by atomic mass is 10.0. The lowest BCUT2D eigenvalue weighted by Gasteiger charge is -2.34. The number of methoxy groups -OCH3 is 2. The van der Waals surface area contributed by atoms with E-state index in [4.69, 9.17) is 19.2 Å². The molecule has 12 nitrogen and oxygen atoms in total. The average Bonchev–Trinajstić information content (AvgIpc) is 3.00. The van der Waals surface area contributed by atoms with Crippen LogP contribution in [0.5, 0.6) is 17.2 Å². The number of aromatic nitrogens is 2. The van der Waals surface area contributed by atoms with Gasteiger partial charge in [0.15, 0.2) is 11.5 Å². The predicted molar refractivity (Wildman–Crippen MR) is 171 cm³/mol. The van der Waals surface area contributed by atoms with Crippen molar-refractivity contribution in [2.75, 3.05) is 97.3 Å². The van der Waals surface area contributed by atoms with E-state index in [1.807, 2.05) is 12.1 Å². The first kappa shape index (κ1) is 32.3. The van der Waals surface area contributed by atoms with Gasteiger partial charge in [-0.25, -0.2) is 4.98 Å². The molecule has 4 N–H and O–H groups in total. The molecule has 2 heterocycles. The van der Waals surface area contributed by atoms with Crippen molar-refractivity contribution >= 4 is 28.4 Å². The van der Waals surface area contributed by atoms with Gasteiger partial charge >= 0.3 is 0 Å². The van der Waals surface area contributed by atoms with Gasteiger partial charge in [0.1, 0.15) is 18.2 Å². The van der Waals surface area contributed by atoms with E-state index in [1.54, 1.807) is 14.2 Å². The van der Waals surface area contributed by atoms with Crippen LogP contribution in [0.25, 0.3) is 10.9 Å². The first-order valence-electron chi connectivity index (χ1n) is 14.7. The van der Waals surface area contributed by atoms with Crippen LogP contribution in [0, 0.1) is 0 Å². The van der Waals surface area contributed by atoms with Crippen LogP contribution in [0.15, 0.2) is 30.3 Å². The van der Waals surface area contributed by atoms with E-state index in [1.165, 1.54) is 11.3 Å². The first-order chi connectivity index (χ1) is 20.7. The summed E-state index contributed by atoms with van der Waals surface area (Å²) in [6, 6.07) is 10.2. The van der Waals surface area contributed by atoms with Gasteiger partial charge in [0.2, 0.25) is 5.95 Å². The molecule has 0 amide bonds. The monoisotopic (exact) mass is 597 g/mol. The van der Waals surface area contributed by atoms with Gasteiger partial charge in [0.05, 0.1) is 32.4 Å². The second-order valence-electron chi connectivity index (χ2n) is 11.3. The van der Waals surface area contributed by atoms with Gasteiger partial charge in [-0.05, 0) is 45.1 Å². The third kappa shape index (κ3) is 8.50. The molecule has 1 aromatic heterocycles. The summed E-state index contributed by atoms with van der Waals surface area (Å²) in [6.45, 7) is 3.93. The minimum atomic E-state index is -0.915. The third-order valence-corrected chi connectivity index (χ3v) is 7.60. The molecule has 43 heavy (non-hydrogen) atoms. The van der Waals surface area contributed by atoms with Gasteiger partial charge in [-0.1, -0.05) is 6.07 Å². The summed E-state index contributed by atoms with van der Waals surface area (Å²) in [5.41, 5.74) is 3.06. The number of ether oxygens (including phenoxy) is 3. The van der Waals surface area contributed by atoms with Crippen LogP contribution in [-0.4, -0.2) is 124 Å². The van der Waals surface area contributed by atoms with Crippen molar-refractivity contribution in [1.29, 1.82) is 0 Å². The van der Waals surface area contributed by atoms with Gasteiger partial charge in [-0.15, -0.1) is 0 Å². The molecule has 12 heteroatoms. The molecule has 0 radical (unpaired) electrons. The molecule has 1 aliphatic heterocycles. The average molecular weight is 598 g/mol. The van der Waals surface area contributed by atoms with Gasteiger partial charge in [0, 0.05) is 75.6 Å². The minimum absolute atomic E-state index is 0.127. The van der Waals surface area contributed by atoms with Crippen molar-refractivity contribution < 1.29 is 24.4 Å². The molecule has 0 spiro atoms. The number of nitrogens with one attached hydrogen (secondary N) is 2. The summed E-state index contributed by atoms with van der Waals surface area (Å²) in [5, 5.41) is 26.6. The SMILES string of the molecule is COc1cc2nc(NC[C@@H](O)CO)nc(NC3CCN(Cc4c(OCCN(C)C)cccc4N(C)C)CC3)c2cc1OC. The highest BCUT2D eigenvalue weighted by Crippen LogP contribution is 2.36. The number of aliphatic hydroxyl groups excluding tert-OH is 2. The van der Waals surface area contributed by atoms with Crippen molar-refractivity contribution in [2.24, 2.45) is 0 Å². The second kappa shape index (κ2) is 15.2. The molecule has 3 aromatic rings. The topological polar surface area (TPSA) is 128 Å². The Balaban J connectivity index is 1.50. The third-order valence-electron chi connectivity index (χ3n) is 7.60. The minimum Gasteiger partial charge on any atom is -0.493 e. The van der Waals surface area contributed by atoms with Crippen LogP contribution in [0.1, 0.15) is 18.4 Å². The number of piperidine rings is 1. The molecule has 1 saturated heterocycles. The molecule has 1 atom stereocenters. The molecule has 0 bridgehead atoms. The van der Waals surface area contributed by atoms with E-state index in [-0.39, 0.29) is 19.2 Å². The molecule has 2 aromatic carbocycles. The molecular weight excluding hydrogens is 550 g/mol. The Bertz CT molecular complexity index is 1330. The molecular formula is C31H47N7O5. The van der Waals surface area contributed by atoms with Crippen molar-refractivity contribution in [3.8, 4) is 17.2 Å². The number of rotatable bonds is 15. The summed E-state index contributed by atoms with van der Waals surface area (Å²) in [4.78, 5) is 16.1. The molecule has 1 aliphatic rings. The molecule has 0 aliphatic carbocycles. The number of aliphatic hydroxyl groups is 2. The van der Waals surface area contributed by atoms with E-state index >= 15 is 0 Å². The fourth-order valence-electron chi connectivity index (χ4n) is 5.18. The van der Waals surface area contributed by atoms with E-state index in [0.717, 1.165) is 50.2 Å². The molecule has 0 saturated carbocycles. The highest BCUT2D eigenvalue weighted by Gasteiger charge is 2.24. The maximum absolute atomic E-state index is 9.84. The second-order valence-corrected chi connectivity index (χ2v) is 11.3. The van der Waals surface area contributed by atoms with Gasteiger partial charge in [-0.2, -0.15) is 4.98 Å². The summed E-state index contributed by atoms with van der Waals surface area (Å²) in [6.07, 6.45) is 0.958.